The van der Waals surface area contributed by atoms with Crippen molar-refractivity contribution in [1.82, 2.24) is 4.90 Å². The second kappa shape index (κ2) is 6.07. The molecular weight excluding hydrogens is 274 g/mol. The molecule has 2 aliphatic carbocycles. The predicted molar refractivity (Wildman–Crippen MR) is 87.6 cm³/mol. The monoisotopic (exact) mass is 307 g/mol. The maximum absolute atomic E-state index is 6.26. The third-order valence-electron chi connectivity index (χ3n) is 7.22. The van der Waals surface area contributed by atoms with E-state index in [0.29, 0.717) is 11.5 Å². The summed E-state index contributed by atoms with van der Waals surface area (Å²) in [7, 11) is 0. The zero-order valence-electron chi connectivity index (χ0n) is 14.4. The summed E-state index contributed by atoms with van der Waals surface area (Å²) in [5.41, 5.74) is 0.501. The third kappa shape index (κ3) is 2.85. The molecule has 0 aromatic carbocycles. The first kappa shape index (κ1) is 15.4. The Morgan fingerprint density at radius 3 is 2.64 bits per heavy atom. The second-order valence-electron chi connectivity index (χ2n) is 8.82. The summed E-state index contributed by atoms with van der Waals surface area (Å²) in [6, 6.07) is 0. The molecule has 2 heterocycles. The topological polar surface area (TPSA) is 21.7 Å². The van der Waals surface area contributed by atoms with Crippen molar-refractivity contribution in [3.8, 4) is 0 Å². The highest BCUT2D eigenvalue weighted by atomic mass is 16.7. The zero-order valence-corrected chi connectivity index (χ0v) is 14.4. The van der Waals surface area contributed by atoms with E-state index in [1.807, 2.05) is 0 Å². The van der Waals surface area contributed by atoms with Gasteiger partial charge in [0, 0.05) is 13.0 Å². The largest absolute Gasteiger partial charge is 0.350 e. The molecule has 3 nitrogen and oxygen atoms in total. The summed E-state index contributed by atoms with van der Waals surface area (Å²) < 4.78 is 12.3. The minimum Gasteiger partial charge on any atom is -0.350 e. The lowest BCUT2D eigenvalue weighted by atomic mass is 9.67. The molecule has 5 atom stereocenters. The summed E-state index contributed by atoms with van der Waals surface area (Å²) in [5.74, 6) is 2.70. The highest BCUT2D eigenvalue weighted by molar-refractivity contribution is 5.02. The van der Waals surface area contributed by atoms with E-state index in [4.69, 9.17) is 9.47 Å². The molecule has 2 aliphatic heterocycles. The number of rotatable bonds is 4. The van der Waals surface area contributed by atoms with Crippen LogP contribution in [0.3, 0.4) is 0 Å². The van der Waals surface area contributed by atoms with Crippen molar-refractivity contribution < 1.29 is 9.47 Å². The summed E-state index contributed by atoms with van der Waals surface area (Å²) in [6.07, 6.45) is 9.99. The van der Waals surface area contributed by atoms with Gasteiger partial charge < -0.3 is 14.4 Å². The SMILES string of the molecule is CC1(C)C(CC2OCC(CN3CCCCC3)O2)[C@@H]2CC[C@H]1C2. The summed E-state index contributed by atoms with van der Waals surface area (Å²) in [6.45, 7) is 9.37. The van der Waals surface area contributed by atoms with Gasteiger partial charge in [-0.2, -0.15) is 0 Å². The summed E-state index contributed by atoms with van der Waals surface area (Å²) in [4.78, 5) is 2.57. The van der Waals surface area contributed by atoms with Gasteiger partial charge >= 0.3 is 0 Å². The lowest BCUT2D eigenvalue weighted by molar-refractivity contribution is -0.0909. The number of nitrogens with zero attached hydrogens (tertiary/aromatic N) is 1. The molecular formula is C19H33NO2. The second-order valence-corrected chi connectivity index (χ2v) is 8.82. The molecule has 0 amide bonds. The lowest BCUT2D eigenvalue weighted by Crippen LogP contribution is -2.38. The van der Waals surface area contributed by atoms with Crippen LogP contribution >= 0.6 is 0 Å². The predicted octanol–water partition coefficient (Wildman–Crippen LogP) is 3.68. The molecule has 126 valence electrons. The fourth-order valence-corrected chi connectivity index (χ4v) is 5.83. The summed E-state index contributed by atoms with van der Waals surface area (Å²) >= 11 is 0. The van der Waals surface area contributed by atoms with E-state index in [0.717, 1.165) is 37.3 Å². The van der Waals surface area contributed by atoms with Crippen molar-refractivity contribution in [2.75, 3.05) is 26.2 Å². The van der Waals surface area contributed by atoms with E-state index in [9.17, 15) is 0 Å². The van der Waals surface area contributed by atoms with Gasteiger partial charge in [-0.15, -0.1) is 0 Å². The fraction of sp³-hybridized carbons (Fsp3) is 1.00. The molecule has 4 rings (SSSR count). The van der Waals surface area contributed by atoms with Crippen LogP contribution in [0.15, 0.2) is 0 Å². The molecule has 3 unspecified atom stereocenters. The Morgan fingerprint density at radius 2 is 1.91 bits per heavy atom. The molecule has 3 heteroatoms. The van der Waals surface area contributed by atoms with Crippen LogP contribution in [0.5, 0.6) is 0 Å². The van der Waals surface area contributed by atoms with Crippen LogP contribution in [0.4, 0.5) is 0 Å². The highest BCUT2D eigenvalue weighted by Gasteiger charge is 2.53. The van der Waals surface area contributed by atoms with Gasteiger partial charge in [-0.05, 0) is 68.4 Å². The standard InChI is InChI=1S/C19H33NO2/c1-19(2)15-7-6-14(10-15)17(19)11-18-21-13-16(22-18)12-20-8-4-3-5-9-20/h14-18H,3-13H2,1-2H3/t14-,15+,16?,17?,18?/m1/s1. The number of hydrogen-bond acceptors (Lipinski definition) is 3. The molecule has 2 saturated heterocycles. The van der Waals surface area contributed by atoms with Crippen LogP contribution in [0.2, 0.25) is 0 Å². The van der Waals surface area contributed by atoms with E-state index >= 15 is 0 Å². The van der Waals surface area contributed by atoms with Crippen LogP contribution in [0.1, 0.15) is 58.8 Å². The average molecular weight is 307 g/mol. The smallest absolute Gasteiger partial charge is 0.158 e. The van der Waals surface area contributed by atoms with Gasteiger partial charge in [0.15, 0.2) is 6.29 Å². The van der Waals surface area contributed by atoms with Crippen LogP contribution in [-0.4, -0.2) is 43.5 Å². The molecule has 0 radical (unpaired) electrons. The molecule has 2 bridgehead atoms. The highest BCUT2D eigenvalue weighted by Crippen LogP contribution is 2.60. The molecule has 2 saturated carbocycles. The Labute approximate surface area is 135 Å². The van der Waals surface area contributed by atoms with E-state index in [-0.39, 0.29) is 6.29 Å². The third-order valence-corrected chi connectivity index (χ3v) is 7.22. The Morgan fingerprint density at radius 1 is 1.09 bits per heavy atom. The maximum Gasteiger partial charge on any atom is 0.158 e. The van der Waals surface area contributed by atoms with Crippen LogP contribution in [-0.2, 0) is 9.47 Å². The van der Waals surface area contributed by atoms with Gasteiger partial charge in [-0.3, -0.25) is 0 Å². The summed E-state index contributed by atoms with van der Waals surface area (Å²) in [5, 5.41) is 0. The van der Waals surface area contributed by atoms with Crippen molar-refractivity contribution in [3.63, 3.8) is 0 Å². The number of fused-ring (bicyclic) bond motifs is 2. The van der Waals surface area contributed by atoms with Crippen molar-refractivity contribution in [2.45, 2.75) is 71.2 Å². The Bertz CT molecular complexity index is 391. The number of hydrogen-bond donors (Lipinski definition) is 0. The van der Waals surface area contributed by atoms with E-state index in [1.54, 1.807) is 0 Å². The fourth-order valence-electron chi connectivity index (χ4n) is 5.83. The Balaban J connectivity index is 1.28. The normalized spacial score (nSPS) is 44.7. The molecule has 0 N–H and O–H groups in total. The number of piperidine rings is 1. The first-order valence-electron chi connectivity index (χ1n) is 9.62. The molecule has 0 aromatic heterocycles. The van der Waals surface area contributed by atoms with Gasteiger partial charge in [0.25, 0.3) is 0 Å². The van der Waals surface area contributed by atoms with Crippen molar-refractivity contribution in [3.05, 3.63) is 0 Å². The van der Waals surface area contributed by atoms with E-state index in [2.05, 4.69) is 18.7 Å². The van der Waals surface area contributed by atoms with Crippen LogP contribution < -0.4 is 0 Å². The molecule has 0 aromatic rings. The van der Waals surface area contributed by atoms with Gasteiger partial charge in [0.1, 0.15) is 0 Å². The van der Waals surface area contributed by atoms with E-state index in [1.165, 1.54) is 51.6 Å². The molecule has 4 aliphatic rings. The number of ether oxygens (including phenoxy) is 2. The van der Waals surface area contributed by atoms with Crippen molar-refractivity contribution >= 4 is 0 Å². The quantitative estimate of drug-likeness (QED) is 0.791. The molecule has 4 fully saturated rings. The van der Waals surface area contributed by atoms with Gasteiger partial charge in [-0.1, -0.05) is 20.3 Å². The Kier molecular flexibility index (Phi) is 4.25. The first-order chi connectivity index (χ1) is 10.6. The van der Waals surface area contributed by atoms with Gasteiger partial charge in [0.2, 0.25) is 0 Å². The van der Waals surface area contributed by atoms with Crippen molar-refractivity contribution in [1.29, 1.82) is 0 Å². The average Bonchev–Trinajstić information content (AvgIpc) is 3.19. The lowest BCUT2D eigenvalue weighted by Gasteiger charge is -2.39. The maximum atomic E-state index is 6.26. The zero-order chi connectivity index (χ0) is 15.2. The van der Waals surface area contributed by atoms with Crippen molar-refractivity contribution in [2.24, 2.45) is 23.2 Å². The van der Waals surface area contributed by atoms with E-state index < -0.39 is 0 Å². The molecule has 22 heavy (non-hydrogen) atoms. The first-order valence-corrected chi connectivity index (χ1v) is 9.62. The van der Waals surface area contributed by atoms with Gasteiger partial charge in [-0.25, -0.2) is 0 Å². The number of likely N-dealkylation sites (tertiary alicyclic amines) is 1. The van der Waals surface area contributed by atoms with Crippen LogP contribution in [0.25, 0.3) is 0 Å². The minimum absolute atomic E-state index is 0.0680. The van der Waals surface area contributed by atoms with Gasteiger partial charge in [0.05, 0.1) is 12.7 Å². The molecule has 0 spiro atoms. The Hall–Kier alpha value is -0.120. The van der Waals surface area contributed by atoms with Crippen LogP contribution in [0, 0.1) is 23.2 Å². The minimum atomic E-state index is 0.0680.